The van der Waals surface area contributed by atoms with E-state index >= 15 is 0 Å². The highest BCUT2D eigenvalue weighted by Gasteiger charge is 2.32. The molecule has 6 nitrogen and oxygen atoms in total. The molecule has 0 spiro atoms. The number of nitrogens with zero attached hydrogens (tertiary/aromatic N) is 1. The first-order valence-corrected chi connectivity index (χ1v) is 11.2. The molecule has 1 aliphatic heterocycles. The molecule has 0 saturated carbocycles. The van der Waals surface area contributed by atoms with Gasteiger partial charge in [0.2, 0.25) is 15.9 Å². The van der Waals surface area contributed by atoms with Gasteiger partial charge < -0.3 is 5.32 Å². The third-order valence-electron chi connectivity index (χ3n) is 5.29. The first-order valence-electron chi connectivity index (χ1n) is 9.72. The molecule has 1 N–H and O–H groups in total. The number of rotatable bonds is 6. The van der Waals surface area contributed by atoms with E-state index in [1.165, 1.54) is 28.9 Å². The van der Waals surface area contributed by atoms with Gasteiger partial charge in [0, 0.05) is 31.1 Å². The molecule has 0 aliphatic carbocycles. The lowest BCUT2D eigenvalue weighted by Gasteiger charge is -2.30. The van der Waals surface area contributed by atoms with Gasteiger partial charge >= 0.3 is 0 Å². The van der Waals surface area contributed by atoms with Crippen LogP contribution in [0.2, 0.25) is 0 Å². The van der Waals surface area contributed by atoms with Crippen molar-refractivity contribution >= 4 is 21.7 Å². The first kappa shape index (κ1) is 21.2. The van der Waals surface area contributed by atoms with Gasteiger partial charge in [0.1, 0.15) is 0 Å². The van der Waals surface area contributed by atoms with Gasteiger partial charge in [-0.25, -0.2) is 8.42 Å². The van der Waals surface area contributed by atoms with Crippen LogP contribution in [0.5, 0.6) is 0 Å². The smallest absolute Gasteiger partial charge is 0.243 e. The number of benzene rings is 2. The van der Waals surface area contributed by atoms with Crippen LogP contribution in [-0.4, -0.2) is 37.5 Å². The van der Waals surface area contributed by atoms with Gasteiger partial charge in [0.15, 0.2) is 5.78 Å². The van der Waals surface area contributed by atoms with E-state index in [0.29, 0.717) is 24.9 Å². The molecule has 1 amide bonds. The Morgan fingerprint density at radius 3 is 2.34 bits per heavy atom. The van der Waals surface area contributed by atoms with Crippen molar-refractivity contribution in [1.29, 1.82) is 0 Å². The minimum atomic E-state index is -3.68. The number of nitrogens with one attached hydrogen (secondary N) is 1. The van der Waals surface area contributed by atoms with Crippen molar-refractivity contribution in [2.45, 2.75) is 38.1 Å². The van der Waals surface area contributed by atoms with Gasteiger partial charge in [-0.1, -0.05) is 42.0 Å². The number of amides is 1. The number of hydrogen-bond acceptors (Lipinski definition) is 4. The fourth-order valence-corrected chi connectivity index (χ4v) is 4.94. The minimum absolute atomic E-state index is 0.0406. The third-order valence-corrected chi connectivity index (χ3v) is 7.19. The predicted molar refractivity (Wildman–Crippen MR) is 111 cm³/mol. The SMILES string of the molecule is CC(=O)c1cccc(S(=O)(=O)N2CCC(C(=O)NCc3ccc(C)cc3)CC2)c1. The molecule has 0 bridgehead atoms. The lowest BCUT2D eigenvalue weighted by atomic mass is 9.97. The van der Waals surface area contributed by atoms with Crippen molar-refractivity contribution in [3.05, 3.63) is 65.2 Å². The van der Waals surface area contributed by atoms with Crippen molar-refractivity contribution in [2.75, 3.05) is 13.1 Å². The zero-order valence-corrected chi connectivity index (χ0v) is 17.5. The Hall–Kier alpha value is -2.51. The van der Waals surface area contributed by atoms with Gasteiger partial charge in [-0.15, -0.1) is 0 Å². The molecule has 3 rings (SSSR count). The lowest BCUT2D eigenvalue weighted by molar-refractivity contribution is -0.126. The van der Waals surface area contributed by atoms with Gasteiger partial charge in [0.25, 0.3) is 0 Å². The number of piperidine rings is 1. The number of ketones is 1. The fourth-order valence-electron chi connectivity index (χ4n) is 3.42. The van der Waals surface area contributed by atoms with Gasteiger partial charge in [-0.05, 0) is 44.4 Å². The summed E-state index contributed by atoms with van der Waals surface area (Å²) in [6.45, 7) is 4.47. The molecule has 1 saturated heterocycles. The molecule has 0 unspecified atom stereocenters. The maximum atomic E-state index is 12.9. The topological polar surface area (TPSA) is 83.6 Å². The minimum Gasteiger partial charge on any atom is -0.352 e. The molecule has 1 fully saturated rings. The van der Waals surface area contributed by atoms with Crippen LogP contribution < -0.4 is 5.32 Å². The van der Waals surface area contributed by atoms with E-state index in [9.17, 15) is 18.0 Å². The van der Waals surface area contributed by atoms with Crippen LogP contribution in [0.4, 0.5) is 0 Å². The zero-order chi connectivity index (χ0) is 21.0. The second kappa shape index (κ2) is 8.88. The van der Waals surface area contributed by atoms with Crippen LogP contribution in [0.15, 0.2) is 53.4 Å². The standard InChI is InChI=1S/C22H26N2O4S/c1-16-6-8-18(9-7-16)15-23-22(26)19-10-12-24(13-11-19)29(27,28)21-5-3-4-20(14-21)17(2)25/h3-9,14,19H,10-13,15H2,1-2H3,(H,23,26). The summed E-state index contributed by atoms with van der Waals surface area (Å²) in [7, 11) is -3.68. The van der Waals surface area contributed by atoms with E-state index in [1.54, 1.807) is 12.1 Å². The maximum Gasteiger partial charge on any atom is 0.243 e. The third kappa shape index (κ3) is 5.10. The molecule has 2 aromatic rings. The van der Waals surface area contributed by atoms with Gasteiger partial charge in [0.05, 0.1) is 4.90 Å². The summed E-state index contributed by atoms with van der Waals surface area (Å²) in [5.41, 5.74) is 2.58. The van der Waals surface area contributed by atoms with E-state index in [4.69, 9.17) is 0 Å². The molecule has 7 heteroatoms. The monoisotopic (exact) mass is 414 g/mol. The number of aryl methyl sites for hydroxylation is 1. The molecule has 29 heavy (non-hydrogen) atoms. The van der Waals surface area contributed by atoms with Crippen LogP contribution >= 0.6 is 0 Å². The summed E-state index contributed by atoms with van der Waals surface area (Å²) < 4.78 is 27.2. The van der Waals surface area contributed by atoms with Crippen LogP contribution in [-0.2, 0) is 21.4 Å². The molecule has 0 radical (unpaired) electrons. The Kier molecular flexibility index (Phi) is 6.49. The second-order valence-corrected chi connectivity index (χ2v) is 9.40. The number of sulfonamides is 1. The molecule has 2 aromatic carbocycles. The highest BCUT2D eigenvalue weighted by atomic mass is 32.2. The summed E-state index contributed by atoms with van der Waals surface area (Å²) in [6.07, 6.45) is 0.955. The average Bonchev–Trinajstić information content (AvgIpc) is 2.73. The predicted octanol–water partition coefficient (Wildman–Crippen LogP) is 2.91. The van der Waals surface area contributed by atoms with E-state index in [-0.39, 0.29) is 35.6 Å². The fraction of sp³-hybridized carbons (Fsp3) is 0.364. The molecular formula is C22H26N2O4S. The molecular weight excluding hydrogens is 388 g/mol. The number of carbonyl (C=O) groups is 2. The van der Waals surface area contributed by atoms with Gasteiger partial charge in [-0.2, -0.15) is 4.31 Å². The average molecular weight is 415 g/mol. The van der Waals surface area contributed by atoms with Crippen LogP contribution in [0.1, 0.15) is 41.3 Å². The van der Waals surface area contributed by atoms with Crippen molar-refractivity contribution in [1.82, 2.24) is 9.62 Å². The van der Waals surface area contributed by atoms with Crippen molar-refractivity contribution in [2.24, 2.45) is 5.92 Å². The Morgan fingerprint density at radius 2 is 1.72 bits per heavy atom. The number of Topliss-reactive ketones (excluding diaryl/α,β-unsaturated/α-hetero) is 1. The quantitative estimate of drug-likeness (QED) is 0.737. The summed E-state index contributed by atoms with van der Waals surface area (Å²) >= 11 is 0. The van der Waals surface area contributed by atoms with Gasteiger partial charge in [-0.3, -0.25) is 9.59 Å². The zero-order valence-electron chi connectivity index (χ0n) is 16.7. The first-order chi connectivity index (χ1) is 13.8. The Labute approximate surface area is 172 Å². The molecule has 154 valence electrons. The normalized spacial score (nSPS) is 15.8. The molecule has 0 aromatic heterocycles. The van der Waals surface area contributed by atoms with E-state index < -0.39 is 10.0 Å². The van der Waals surface area contributed by atoms with E-state index in [1.807, 2.05) is 31.2 Å². The van der Waals surface area contributed by atoms with Crippen LogP contribution in [0, 0.1) is 12.8 Å². The van der Waals surface area contributed by atoms with E-state index in [2.05, 4.69) is 5.32 Å². The second-order valence-electron chi connectivity index (χ2n) is 7.47. The van der Waals surface area contributed by atoms with Crippen molar-refractivity contribution in [3.63, 3.8) is 0 Å². The summed E-state index contributed by atoms with van der Waals surface area (Å²) in [6, 6.07) is 14.1. The summed E-state index contributed by atoms with van der Waals surface area (Å²) in [4.78, 5) is 24.1. The Bertz CT molecular complexity index is 992. The lowest BCUT2D eigenvalue weighted by Crippen LogP contribution is -2.42. The highest BCUT2D eigenvalue weighted by Crippen LogP contribution is 2.24. The number of carbonyl (C=O) groups excluding carboxylic acids is 2. The maximum absolute atomic E-state index is 12.9. The molecule has 1 heterocycles. The number of hydrogen-bond donors (Lipinski definition) is 1. The Balaban J connectivity index is 1.58. The molecule has 0 atom stereocenters. The van der Waals surface area contributed by atoms with Crippen molar-refractivity contribution in [3.8, 4) is 0 Å². The van der Waals surface area contributed by atoms with Crippen LogP contribution in [0.25, 0.3) is 0 Å². The largest absolute Gasteiger partial charge is 0.352 e. The summed E-state index contributed by atoms with van der Waals surface area (Å²) in [5, 5.41) is 2.95. The van der Waals surface area contributed by atoms with E-state index in [0.717, 1.165) is 5.56 Å². The highest BCUT2D eigenvalue weighted by molar-refractivity contribution is 7.89. The summed E-state index contributed by atoms with van der Waals surface area (Å²) in [5.74, 6) is -0.414. The Morgan fingerprint density at radius 1 is 1.07 bits per heavy atom. The molecule has 1 aliphatic rings. The van der Waals surface area contributed by atoms with Crippen LogP contribution in [0.3, 0.4) is 0 Å². The van der Waals surface area contributed by atoms with Crippen molar-refractivity contribution < 1.29 is 18.0 Å².